The predicted octanol–water partition coefficient (Wildman–Crippen LogP) is 1.43. The van der Waals surface area contributed by atoms with Crippen LogP contribution in [-0.2, 0) is 9.59 Å². The van der Waals surface area contributed by atoms with Crippen LogP contribution in [0.4, 0.5) is 0 Å². The number of carboxylic acid groups (broad SMARTS) is 1. The summed E-state index contributed by atoms with van der Waals surface area (Å²) in [5.41, 5.74) is 0. The zero-order valence-corrected chi connectivity index (χ0v) is 9.95. The Morgan fingerprint density at radius 2 is 2.31 bits per heavy atom. The molecule has 0 aromatic carbocycles. The molecule has 1 amide bonds. The first-order valence-corrected chi connectivity index (χ1v) is 5.86. The standard InChI is InChI=1S/C10H14N2O3S/c1-3-7(9-11-4-5-16-9)12-8(13)6(2)10(14)15/h4-7H,3H2,1-2H3,(H,12,13)(H,14,15). The van der Waals surface area contributed by atoms with Gasteiger partial charge in [0, 0.05) is 11.6 Å². The molecule has 0 aliphatic heterocycles. The minimum atomic E-state index is -1.12. The molecule has 1 aromatic rings. The third kappa shape index (κ3) is 3.03. The Morgan fingerprint density at radius 1 is 1.62 bits per heavy atom. The van der Waals surface area contributed by atoms with Crippen molar-refractivity contribution in [2.45, 2.75) is 26.3 Å². The van der Waals surface area contributed by atoms with Crippen LogP contribution in [0.5, 0.6) is 0 Å². The first-order valence-electron chi connectivity index (χ1n) is 4.98. The minimum Gasteiger partial charge on any atom is -0.481 e. The van der Waals surface area contributed by atoms with E-state index in [-0.39, 0.29) is 6.04 Å². The van der Waals surface area contributed by atoms with Crippen LogP contribution >= 0.6 is 11.3 Å². The number of carbonyl (C=O) groups is 2. The maximum Gasteiger partial charge on any atom is 0.315 e. The molecule has 1 heterocycles. The van der Waals surface area contributed by atoms with Crippen molar-refractivity contribution in [2.75, 3.05) is 0 Å². The molecular formula is C10H14N2O3S. The van der Waals surface area contributed by atoms with Gasteiger partial charge in [0.05, 0.1) is 6.04 Å². The molecule has 0 saturated heterocycles. The molecule has 0 fully saturated rings. The predicted molar refractivity (Wildman–Crippen MR) is 60.1 cm³/mol. The third-order valence-electron chi connectivity index (χ3n) is 2.24. The van der Waals surface area contributed by atoms with Gasteiger partial charge in [-0.3, -0.25) is 9.59 Å². The molecular weight excluding hydrogens is 228 g/mol. The molecule has 1 rings (SSSR count). The maximum absolute atomic E-state index is 11.5. The second-order valence-corrected chi connectivity index (χ2v) is 4.33. The highest BCUT2D eigenvalue weighted by Gasteiger charge is 2.23. The molecule has 0 saturated carbocycles. The molecule has 16 heavy (non-hydrogen) atoms. The highest BCUT2D eigenvalue weighted by Crippen LogP contribution is 2.19. The average molecular weight is 242 g/mol. The zero-order valence-electron chi connectivity index (χ0n) is 9.14. The molecule has 0 spiro atoms. The fraction of sp³-hybridized carbons (Fsp3) is 0.500. The molecule has 6 heteroatoms. The SMILES string of the molecule is CCC(NC(=O)C(C)C(=O)O)c1nccs1. The molecule has 2 atom stereocenters. The number of nitrogens with one attached hydrogen (secondary N) is 1. The maximum atomic E-state index is 11.5. The Labute approximate surface area is 97.5 Å². The van der Waals surface area contributed by atoms with Crippen molar-refractivity contribution >= 4 is 23.2 Å². The Morgan fingerprint density at radius 3 is 2.75 bits per heavy atom. The van der Waals surface area contributed by atoms with Gasteiger partial charge in [-0.1, -0.05) is 6.92 Å². The molecule has 2 unspecified atom stereocenters. The monoisotopic (exact) mass is 242 g/mol. The van der Waals surface area contributed by atoms with E-state index < -0.39 is 17.8 Å². The number of nitrogens with zero attached hydrogens (tertiary/aromatic N) is 1. The van der Waals surface area contributed by atoms with E-state index in [0.29, 0.717) is 6.42 Å². The highest BCUT2D eigenvalue weighted by atomic mass is 32.1. The van der Waals surface area contributed by atoms with Crippen LogP contribution in [0.1, 0.15) is 31.3 Å². The fourth-order valence-corrected chi connectivity index (χ4v) is 1.93. The van der Waals surface area contributed by atoms with Gasteiger partial charge in [0.1, 0.15) is 10.9 Å². The molecule has 0 aliphatic rings. The van der Waals surface area contributed by atoms with Crippen molar-refractivity contribution in [1.29, 1.82) is 0 Å². The number of amides is 1. The smallest absolute Gasteiger partial charge is 0.315 e. The topological polar surface area (TPSA) is 79.3 Å². The van der Waals surface area contributed by atoms with Crippen LogP contribution in [0.2, 0.25) is 0 Å². The summed E-state index contributed by atoms with van der Waals surface area (Å²) in [6.07, 6.45) is 2.35. The number of hydrogen-bond donors (Lipinski definition) is 2. The summed E-state index contributed by atoms with van der Waals surface area (Å²) in [4.78, 5) is 26.3. The van der Waals surface area contributed by atoms with Gasteiger partial charge in [-0.05, 0) is 13.3 Å². The molecule has 0 aliphatic carbocycles. The highest BCUT2D eigenvalue weighted by molar-refractivity contribution is 7.09. The van der Waals surface area contributed by atoms with E-state index in [1.165, 1.54) is 18.3 Å². The summed E-state index contributed by atoms with van der Waals surface area (Å²) in [6, 6.07) is -0.200. The number of carboxylic acids is 1. The number of rotatable bonds is 5. The zero-order chi connectivity index (χ0) is 12.1. The van der Waals surface area contributed by atoms with E-state index in [0.717, 1.165) is 5.01 Å². The summed E-state index contributed by atoms with van der Waals surface area (Å²) < 4.78 is 0. The Hall–Kier alpha value is -1.43. The van der Waals surface area contributed by atoms with Crippen LogP contribution in [0.3, 0.4) is 0 Å². The molecule has 2 N–H and O–H groups in total. The van der Waals surface area contributed by atoms with E-state index in [1.807, 2.05) is 12.3 Å². The minimum absolute atomic E-state index is 0.200. The third-order valence-corrected chi connectivity index (χ3v) is 3.13. The van der Waals surface area contributed by atoms with Crippen LogP contribution < -0.4 is 5.32 Å². The molecule has 88 valence electrons. The molecule has 0 radical (unpaired) electrons. The van der Waals surface area contributed by atoms with Crippen molar-refractivity contribution in [1.82, 2.24) is 10.3 Å². The quantitative estimate of drug-likeness (QED) is 0.765. The Bertz CT molecular complexity index is 364. The van der Waals surface area contributed by atoms with Gasteiger partial charge in [-0.15, -0.1) is 11.3 Å². The van der Waals surface area contributed by atoms with E-state index in [9.17, 15) is 9.59 Å². The lowest BCUT2D eigenvalue weighted by Crippen LogP contribution is -2.36. The van der Waals surface area contributed by atoms with Crippen molar-refractivity contribution in [3.05, 3.63) is 16.6 Å². The van der Waals surface area contributed by atoms with Crippen LogP contribution in [0.25, 0.3) is 0 Å². The molecule has 0 bridgehead atoms. The summed E-state index contributed by atoms with van der Waals surface area (Å²) in [5, 5.41) is 14.0. The van der Waals surface area contributed by atoms with Gasteiger partial charge in [0.15, 0.2) is 0 Å². The van der Waals surface area contributed by atoms with Crippen molar-refractivity contribution in [3.8, 4) is 0 Å². The lowest BCUT2D eigenvalue weighted by molar-refractivity contribution is -0.146. The molecule has 5 nitrogen and oxygen atoms in total. The largest absolute Gasteiger partial charge is 0.481 e. The van der Waals surface area contributed by atoms with Gasteiger partial charge in [0.2, 0.25) is 5.91 Å². The van der Waals surface area contributed by atoms with E-state index >= 15 is 0 Å². The van der Waals surface area contributed by atoms with Crippen molar-refractivity contribution < 1.29 is 14.7 Å². The summed E-state index contributed by atoms with van der Waals surface area (Å²) in [5.74, 6) is -2.63. The number of hydrogen-bond acceptors (Lipinski definition) is 4. The van der Waals surface area contributed by atoms with Crippen molar-refractivity contribution in [2.24, 2.45) is 5.92 Å². The summed E-state index contributed by atoms with van der Waals surface area (Å²) in [6.45, 7) is 3.28. The lowest BCUT2D eigenvalue weighted by atomic mass is 10.1. The van der Waals surface area contributed by atoms with Crippen LogP contribution in [0.15, 0.2) is 11.6 Å². The van der Waals surface area contributed by atoms with Gasteiger partial charge in [-0.25, -0.2) is 4.98 Å². The van der Waals surface area contributed by atoms with E-state index in [1.54, 1.807) is 6.20 Å². The summed E-state index contributed by atoms with van der Waals surface area (Å²) in [7, 11) is 0. The lowest BCUT2D eigenvalue weighted by Gasteiger charge is -2.16. The number of aliphatic carboxylic acids is 1. The second kappa shape index (κ2) is 5.60. The van der Waals surface area contributed by atoms with Crippen LogP contribution in [-0.4, -0.2) is 22.0 Å². The average Bonchev–Trinajstić information content (AvgIpc) is 2.77. The number of aromatic nitrogens is 1. The van der Waals surface area contributed by atoms with E-state index in [4.69, 9.17) is 5.11 Å². The summed E-state index contributed by atoms with van der Waals surface area (Å²) >= 11 is 1.44. The van der Waals surface area contributed by atoms with Crippen LogP contribution in [0, 0.1) is 5.92 Å². The molecule has 1 aromatic heterocycles. The van der Waals surface area contributed by atoms with Gasteiger partial charge in [0.25, 0.3) is 0 Å². The number of thiazole rings is 1. The van der Waals surface area contributed by atoms with Gasteiger partial charge in [-0.2, -0.15) is 0 Å². The van der Waals surface area contributed by atoms with Gasteiger partial charge >= 0.3 is 5.97 Å². The Kier molecular flexibility index (Phi) is 4.42. The first-order chi connectivity index (χ1) is 7.56. The fourth-order valence-electron chi connectivity index (χ4n) is 1.15. The first kappa shape index (κ1) is 12.6. The van der Waals surface area contributed by atoms with E-state index in [2.05, 4.69) is 10.3 Å². The second-order valence-electron chi connectivity index (χ2n) is 3.40. The number of carbonyl (C=O) groups excluding carboxylic acids is 1. The normalized spacial score (nSPS) is 14.1. The van der Waals surface area contributed by atoms with Crippen molar-refractivity contribution in [3.63, 3.8) is 0 Å². The Balaban J connectivity index is 2.64. The van der Waals surface area contributed by atoms with Gasteiger partial charge < -0.3 is 10.4 Å².